The van der Waals surface area contributed by atoms with E-state index in [2.05, 4.69) is 15.5 Å². The van der Waals surface area contributed by atoms with Gasteiger partial charge >= 0.3 is 5.97 Å². The second-order valence-electron chi connectivity index (χ2n) is 6.03. The van der Waals surface area contributed by atoms with E-state index in [9.17, 15) is 4.79 Å². The molecule has 6 nitrogen and oxygen atoms in total. The van der Waals surface area contributed by atoms with Gasteiger partial charge in [0.15, 0.2) is 4.34 Å². The van der Waals surface area contributed by atoms with E-state index in [1.807, 2.05) is 61.5 Å². The number of esters is 1. The van der Waals surface area contributed by atoms with Crippen molar-refractivity contribution in [1.29, 1.82) is 0 Å². The Kier molecular flexibility index (Phi) is 5.26. The van der Waals surface area contributed by atoms with Gasteiger partial charge in [-0.3, -0.25) is 4.79 Å². The molecular weight excluding hydrogens is 382 g/mol. The predicted molar refractivity (Wildman–Crippen MR) is 106 cm³/mol. The van der Waals surface area contributed by atoms with E-state index in [1.165, 1.54) is 23.1 Å². The Morgan fingerprint density at radius 2 is 1.85 bits per heavy atom. The molecule has 138 valence electrons. The first-order valence-electron chi connectivity index (χ1n) is 8.46. The van der Waals surface area contributed by atoms with E-state index in [0.29, 0.717) is 11.6 Å². The Balaban J connectivity index is 1.35. The molecule has 0 saturated carbocycles. The maximum absolute atomic E-state index is 11.7. The number of hydrogen-bond donors (Lipinski definition) is 1. The van der Waals surface area contributed by atoms with Crippen LogP contribution in [0.25, 0.3) is 0 Å². The molecule has 0 spiro atoms. The molecule has 0 amide bonds. The maximum atomic E-state index is 11.7. The van der Waals surface area contributed by atoms with Gasteiger partial charge < -0.3 is 14.8 Å². The number of hydrogen-bond acceptors (Lipinski definition) is 8. The predicted octanol–water partition coefficient (Wildman–Crippen LogP) is 4.87. The molecule has 0 bridgehead atoms. The number of anilines is 2. The van der Waals surface area contributed by atoms with Crippen LogP contribution in [-0.4, -0.2) is 27.5 Å². The lowest BCUT2D eigenvalue weighted by atomic mass is 10.3. The van der Waals surface area contributed by atoms with Gasteiger partial charge in [0.25, 0.3) is 0 Å². The van der Waals surface area contributed by atoms with Crippen molar-refractivity contribution in [2.24, 2.45) is 0 Å². The van der Waals surface area contributed by atoms with Crippen LogP contribution in [0.1, 0.15) is 13.3 Å². The highest BCUT2D eigenvalue weighted by atomic mass is 32.2. The van der Waals surface area contributed by atoms with E-state index in [4.69, 9.17) is 9.47 Å². The van der Waals surface area contributed by atoms with E-state index in [1.54, 1.807) is 0 Å². The molecule has 0 unspecified atom stereocenters. The fourth-order valence-electron chi connectivity index (χ4n) is 2.60. The van der Waals surface area contributed by atoms with Gasteiger partial charge in [0.1, 0.15) is 22.9 Å². The van der Waals surface area contributed by atoms with Crippen molar-refractivity contribution in [3.63, 3.8) is 0 Å². The Morgan fingerprint density at radius 3 is 2.56 bits per heavy atom. The van der Waals surface area contributed by atoms with Crippen molar-refractivity contribution >= 4 is 39.9 Å². The van der Waals surface area contributed by atoms with Crippen LogP contribution in [0.15, 0.2) is 58.9 Å². The van der Waals surface area contributed by atoms with Gasteiger partial charge in [-0.05, 0) is 43.3 Å². The number of ether oxygens (including phenoxy) is 2. The minimum atomic E-state index is -0.199. The Hall–Kier alpha value is -2.58. The quantitative estimate of drug-likeness (QED) is 0.593. The highest BCUT2D eigenvalue weighted by Gasteiger charge is 2.33. The van der Waals surface area contributed by atoms with Gasteiger partial charge in [-0.15, -0.1) is 10.2 Å². The zero-order chi connectivity index (χ0) is 18.6. The highest BCUT2D eigenvalue weighted by Crippen LogP contribution is 2.35. The minimum absolute atomic E-state index is 0.0304. The van der Waals surface area contributed by atoms with E-state index in [-0.39, 0.29) is 17.3 Å². The molecule has 3 aromatic rings. The molecule has 1 aromatic heterocycles. The van der Waals surface area contributed by atoms with Crippen LogP contribution in [0.5, 0.6) is 11.5 Å². The van der Waals surface area contributed by atoms with Crippen LogP contribution in [0.4, 0.5) is 10.8 Å². The molecule has 8 heteroatoms. The summed E-state index contributed by atoms with van der Waals surface area (Å²) in [5, 5.41) is 12.0. The molecular formula is C19H17N3O3S2. The number of carbonyl (C=O) groups is 1. The lowest BCUT2D eigenvalue weighted by molar-refractivity contribution is -0.140. The lowest BCUT2D eigenvalue weighted by Gasteiger charge is -2.07. The summed E-state index contributed by atoms with van der Waals surface area (Å²) in [5.41, 5.74) is 0.886. The highest BCUT2D eigenvalue weighted by molar-refractivity contribution is 8.02. The monoisotopic (exact) mass is 399 g/mol. The number of thioether (sulfide) groups is 1. The molecule has 1 aliphatic rings. The number of rotatable bonds is 6. The molecule has 1 N–H and O–H groups in total. The first-order chi connectivity index (χ1) is 13.2. The minimum Gasteiger partial charge on any atom is -0.462 e. The molecule has 2 heterocycles. The van der Waals surface area contributed by atoms with Crippen LogP contribution in [0.3, 0.4) is 0 Å². The maximum Gasteiger partial charge on any atom is 0.319 e. The summed E-state index contributed by atoms with van der Waals surface area (Å²) in [6, 6.07) is 17.3. The summed E-state index contributed by atoms with van der Waals surface area (Å²) < 4.78 is 11.7. The molecule has 27 heavy (non-hydrogen) atoms. The van der Waals surface area contributed by atoms with Crippen LogP contribution < -0.4 is 10.1 Å². The number of nitrogens with zero attached hydrogens (tertiary/aromatic N) is 2. The third-order valence-corrected chi connectivity index (χ3v) is 5.98. The second-order valence-corrected chi connectivity index (χ2v) is 8.45. The van der Waals surface area contributed by atoms with Crippen molar-refractivity contribution in [2.45, 2.75) is 29.0 Å². The summed E-state index contributed by atoms with van der Waals surface area (Å²) >= 11 is 2.82. The molecule has 0 aliphatic carbocycles. The van der Waals surface area contributed by atoms with Gasteiger partial charge in [0.05, 0.1) is 0 Å². The number of benzene rings is 2. The number of aromatic nitrogens is 2. The third kappa shape index (κ3) is 4.58. The van der Waals surface area contributed by atoms with Crippen molar-refractivity contribution in [3.8, 4) is 11.5 Å². The molecule has 2 atom stereocenters. The van der Waals surface area contributed by atoms with Crippen LogP contribution in [0.2, 0.25) is 0 Å². The molecule has 0 radical (unpaired) electrons. The number of nitrogens with one attached hydrogen (secondary N) is 1. The number of para-hydroxylation sites is 1. The molecule has 2 aromatic carbocycles. The summed E-state index contributed by atoms with van der Waals surface area (Å²) in [7, 11) is 0. The van der Waals surface area contributed by atoms with E-state index >= 15 is 0 Å². The largest absolute Gasteiger partial charge is 0.462 e. The zero-order valence-electron chi connectivity index (χ0n) is 14.5. The van der Waals surface area contributed by atoms with Gasteiger partial charge in [0.2, 0.25) is 5.13 Å². The standard InChI is InChI=1S/C19H17N3O3S2/c1-12-11-16(17(23)24-12)26-19-22-21-18(27-19)20-13-7-9-15(10-8-13)25-14-5-3-2-4-6-14/h2-10,12,16H,11H2,1H3,(H,20,21)/t12-,16+/m1/s1. The smallest absolute Gasteiger partial charge is 0.319 e. The van der Waals surface area contributed by atoms with Gasteiger partial charge in [-0.1, -0.05) is 41.3 Å². The Morgan fingerprint density at radius 1 is 1.11 bits per heavy atom. The van der Waals surface area contributed by atoms with Crippen molar-refractivity contribution in [2.75, 3.05) is 5.32 Å². The van der Waals surface area contributed by atoms with Crippen LogP contribution in [0, 0.1) is 0 Å². The topological polar surface area (TPSA) is 73.3 Å². The molecule has 1 aliphatic heterocycles. The average Bonchev–Trinajstić information content (AvgIpc) is 3.23. The van der Waals surface area contributed by atoms with E-state index in [0.717, 1.165) is 21.5 Å². The summed E-state index contributed by atoms with van der Waals surface area (Å²) in [6.07, 6.45) is 0.673. The second kappa shape index (κ2) is 7.98. The SMILES string of the molecule is C[C@@H]1C[C@H](Sc2nnc(Nc3ccc(Oc4ccccc4)cc3)s2)C(=O)O1. The fourth-order valence-corrected chi connectivity index (χ4v) is 4.73. The average molecular weight is 399 g/mol. The van der Waals surface area contributed by atoms with Crippen molar-refractivity contribution in [1.82, 2.24) is 10.2 Å². The molecule has 1 saturated heterocycles. The van der Waals surface area contributed by atoms with Crippen molar-refractivity contribution < 1.29 is 14.3 Å². The first-order valence-corrected chi connectivity index (χ1v) is 10.2. The number of cyclic esters (lactones) is 1. The zero-order valence-corrected chi connectivity index (χ0v) is 16.1. The Labute approximate surface area is 164 Å². The van der Waals surface area contributed by atoms with Gasteiger partial charge in [0, 0.05) is 12.1 Å². The van der Waals surface area contributed by atoms with Gasteiger partial charge in [-0.2, -0.15) is 0 Å². The van der Waals surface area contributed by atoms with Crippen LogP contribution >= 0.6 is 23.1 Å². The first kappa shape index (κ1) is 17.8. The Bertz CT molecular complexity index is 915. The van der Waals surface area contributed by atoms with E-state index < -0.39 is 0 Å². The fraction of sp³-hybridized carbons (Fsp3) is 0.211. The lowest BCUT2D eigenvalue weighted by Crippen LogP contribution is -2.08. The summed E-state index contributed by atoms with van der Waals surface area (Å²) in [4.78, 5) is 11.7. The summed E-state index contributed by atoms with van der Waals surface area (Å²) in [6.45, 7) is 1.90. The van der Waals surface area contributed by atoms with Crippen LogP contribution in [-0.2, 0) is 9.53 Å². The molecule has 1 fully saturated rings. The number of carbonyl (C=O) groups excluding carboxylic acids is 1. The van der Waals surface area contributed by atoms with Crippen molar-refractivity contribution in [3.05, 3.63) is 54.6 Å². The normalized spacial score (nSPS) is 18.9. The van der Waals surface area contributed by atoms with Gasteiger partial charge in [-0.25, -0.2) is 0 Å². The third-order valence-electron chi connectivity index (χ3n) is 3.86. The molecule has 4 rings (SSSR count). The summed E-state index contributed by atoms with van der Waals surface area (Å²) in [5.74, 6) is 1.38.